The van der Waals surface area contributed by atoms with Crippen LogP contribution in [0.15, 0.2) is 0 Å². The van der Waals surface area contributed by atoms with Crippen molar-refractivity contribution in [1.82, 2.24) is 5.32 Å². The van der Waals surface area contributed by atoms with Gasteiger partial charge in [-0.05, 0) is 19.3 Å². The molecular weight excluding hydrogens is 144 g/mol. The van der Waals surface area contributed by atoms with Crippen LogP contribution in [-0.4, -0.2) is 25.3 Å². The molecule has 0 aromatic carbocycles. The van der Waals surface area contributed by atoms with Gasteiger partial charge in [0.05, 0.1) is 12.1 Å². The fourth-order valence-corrected chi connectivity index (χ4v) is 1.45. The standard InChI is InChI=1S/C7H14N2O2/c1-11-5-7(3-2-4-7)9-6(8)10/h2-5H2,1H3,(H3,8,9,10). The van der Waals surface area contributed by atoms with Gasteiger partial charge in [0.15, 0.2) is 0 Å². The molecule has 1 rings (SSSR count). The number of amides is 2. The van der Waals surface area contributed by atoms with E-state index in [1.165, 1.54) is 0 Å². The average molecular weight is 158 g/mol. The first-order valence-electron chi connectivity index (χ1n) is 3.75. The molecule has 4 heteroatoms. The summed E-state index contributed by atoms with van der Waals surface area (Å²) in [6.45, 7) is 0.565. The van der Waals surface area contributed by atoms with Crippen LogP contribution in [-0.2, 0) is 4.74 Å². The third-order valence-electron chi connectivity index (χ3n) is 2.12. The number of primary amides is 1. The Hall–Kier alpha value is -0.770. The zero-order valence-corrected chi connectivity index (χ0v) is 6.72. The number of ether oxygens (including phenoxy) is 1. The second-order valence-corrected chi connectivity index (χ2v) is 3.06. The number of carbonyl (C=O) groups excluding carboxylic acids is 1. The summed E-state index contributed by atoms with van der Waals surface area (Å²) in [7, 11) is 1.63. The van der Waals surface area contributed by atoms with Crippen LogP contribution < -0.4 is 11.1 Å². The van der Waals surface area contributed by atoms with Crippen molar-refractivity contribution in [3.05, 3.63) is 0 Å². The molecule has 1 saturated carbocycles. The Bertz CT molecular complexity index is 155. The summed E-state index contributed by atoms with van der Waals surface area (Å²) in [5, 5.41) is 2.71. The molecule has 0 saturated heterocycles. The fraction of sp³-hybridized carbons (Fsp3) is 0.857. The number of rotatable bonds is 3. The number of urea groups is 1. The summed E-state index contributed by atoms with van der Waals surface area (Å²) in [5.74, 6) is 0. The Morgan fingerprint density at radius 3 is 2.64 bits per heavy atom. The van der Waals surface area contributed by atoms with Crippen LogP contribution in [0.5, 0.6) is 0 Å². The molecule has 1 fully saturated rings. The van der Waals surface area contributed by atoms with Crippen molar-refractivity contribution < 1.29 is 9.53 Å². The summed E-state index contributed by atoms with van der Waals surface area (Å²) in [6, 6.07) is -0.457. The van der Waals surface area contributed by atoms with Crippen molar-refractivity contribution in [3.63, 3.8) is 0 Å². The molecule has 3 N–H and O–H groups in total. The van der Waals surface area contributed by atoms with Gasteiger partial charge in [0.25, 0.3) is 0 Å². The van der Waals surface area contributed by atoms with Gasteiger partial charge in [-0.3, -0.25) is 0 Å². The van der Waals surface area contributed by atoms with Crippen molar-refractivity contribution in [2.45, 2.75) is 24.8 Å². The van der Waals surface area contributed by atoms with Crippen LogP contribution in [0.25, 0.3) is 0 Å². The van der Waals surface area contributed by atoms with Crippen LogP contribution in [0.1, 0.15) is 19.3 Å². The van der Waals surface area contributed by atoms with Crippen LogP contribution in [0.3, 0.4) is 0 Å². The summed E-state index contributed by atoms with van der Waals surface area (Å²) in [6.07, 6.45) is 3.09. The van der Waals surface area contributed by atoms with E-state index in [-0.39, 0.29) is 5.54 Å². The van der Waals surface area contributed by atoms with Gasteiger partial charge in [0.1, 0.15) is 0 Å². The first-order valence-corrected chi connectivity index (χ1v) is 3.75. The second-order valence-electron chi connectivity index (χ2n) is 3.06. The van der Waals surface area contributed by atoms with E-state index in [0.717, 1.165) is 19.3 Å². The van der Waals surface area contributed by atoms with Crippen molar-refractivity contribution in [2.24, 2.45) is 5.73 Å². The fourth-order valence-electron chi connectivity index (χ4n) is 1.45. The minimum absolute atomic E-state index is 0.152. The molecule has 0 heterocycles. The third kappa shape index (κ3) is 1.83. The first kappa shape index (κ1) is 8.33. The highest BCUT2D eigenvalue weighted by Crippen LogP contribution is 2.31. The monoisotopic (exact) mass is 158 g/mol. The molecule has 0 spiro atoms. The Morgan fingerprint density at radius 1 is 1.73 bits per heavy atom. The predicted octanol–water partition coefficient (Wildman–Crippen LogP) is 0.224. The summed E-state index contributed by atoms with van der Waals surface area (Å²) in [4.78, 5) is 10.5. The van der Waals surface area contributed by atoms with Crippen molar-refractivity contribution in [1.29, 1.82) is 0 Å². The maximum absolute atomic E-state index is 10.5. The lowest BCUT2D eigenvalue weighted by Gasteiger charge is -2.41. The molecular formula is C7H14N2O2. The van der Waals surface area contributed by atoms with Crippen molar-refractivity contribution in [3.8, 4) is 0 Å². The average Bonchev–Trinajstić information content (AvgIpc) is 1.82. The highest BCUT2D eigenvalue weighted by molar-refractivity contribution is 5.72. The minimum Gasteiger partial charge on any atom is -0.382 e. The largest absolute Gasteiger partial charge is 0.382 e. The number of hydrogen-bond acceptors (Lipinski definition) is 2. The quantitative estimate of drug-likeness (QED) is 0.617. The van der Waals surface area contributed by atoms with Gasteiger partial charge in [0.2, 0.25) is 0 Å². The van der Waals surface area contributed by atoms with Gasteiger partial charge in [0, 0.05) is 7.11 Å². The van der Waals surface area contributed by atoms with E-state index in [0.29, 0.717) is 6.61 Å². The third-order valence-corrected chi connectivity index (χ3v) is 2.12. The lowest BCUT2D eigenvalue weighted by molar-refractivity contribution is 0.0643. The normalized spacial score (nSPS) is 20.5. The summed E-state index contributed by atoms with van der Waals surface area (Å²) in [5.41, 5.74) is 4.86. The molecule has 4 nitrogen and oxygen atoms in total. The first-order chi connectivity index (χ1) is 5.18. The Balaban J connectivity index is 2.39. The Morgan fingerprint density at radius 2 is 2.36 bits per heavy atom. The number of nitrogens with two attached hydrogens (primary N) is 1. The molecule has 0 unspecified atom stereocenters. The molecule has 0 bridgehead atoms. The van der Waals surface area contributed by atoms with E-state index < -0.39 is 6.03 Å². The van der Waals surface area contributed by atoms with Crippen LogP contribution in [0, 0.1) is 0 Å². The van der Waals surface area contributed by atoms with E-state index in [1.54, 1.807) is 7.11 Å². The topological polar surface area (TPSA) is 64.3 Å². The van der Waals surface area contributed by atoms with E-state index in [2.05, 4.69) is 5.32 Å². The summed E-state index contributed by atoms with van der Waals surface area (Å²) >= 11 is 0. The summed E-state index contributed by atoms with van der Waals surface area (Å²) < 4.78 is 4.98. The molecule has 11 heavy (non-hydrogen) atoms. The Kier molecular flexibility index (Phi) is 2.34. The zero-order valence-electron chi connectivity index (χ0n) is 6.72. The van der Waals surface area contributed by atoms with E-state index >= 15 is 0 Å². The number of hydrogen-bond donors (Lipinski definition) is 2. The van der Waals surface area contributed by atoms with Gasteiger partial charge in [-0.25, -0.2) is 4.79 Å². The highest BCUT2D eigenvalue weighted by Gasteiger charge is 2.37. The van der Waals surface area contributed by atoms with E-state index in [1.807, 2.05) is 0 Å². The van der Waals surface area contributed by atoms with E-state index in [4.69, 9.17) is 10.5 Å². The minimum atomic E-state index is -0.457. The van der Waals surface area contributed by atoms with Gasteiger partial charge < -0.3 is 15.8 Å². The molecule has 0 aliphatic heterocycles. The van der Waals surface area contributed by atoms with Gasteiger partial charge >= 0.3 is 6.03 Å². The Labute approximate surface area is 66.1 Å². The molecule has 0 aromatic rings. The molecule has 0 radical (unpaired) electrons. The lowest BCUT2D eigenvalue weighted by atomic mass is 9.77. The van der Waals surface area contributed by atoms with Crippen molar-refractivity contribution in [2.75, 3.05) is 13.7 Å². The van der Waals surface area contributed by atoms with Gasteiger partial charge in [-0.2, -0.15) is 0 Å². The molecule has 0 atom stereocenters. The van der Waals surface area contributed by atoms with Crippen molar-refractivity contribution >= 4 is 6.03 Å². The molecule has 1 aliphatic carbocycles. The SMILES string of the molecule is COCC1(NC(N)=O)CCC1. The highest BCUT2D eigenvalue weighted by atomic mass is 16.5. The second kappa shape index (κ2) is 3.09. The number of carbonyl (C=O) groups is 1. The number of methoxy groups -OCH3 is 1. The molecule has 2 amide bonds. The molecule has 1 aliphatic rings. The van der Waals surface area contributed by atoms with Crippen LogP contribution >= 0.6 is 0 Å². The maximum atomic E-state index is 10.5. The van der Waals surface area contributed by atoms with Crippen LogP contribution in [0.4, 0.5) is 4.79 Å². The lowest BCUT2D eigenvalue weighted by Crippen LogP contribution is -2.57. The predicted molar refractivity (Wildman–Crippen MR) is 41.2 cm³/mol. The van der Waals surface area contributed by atoms with Gasteiger partial charge in [-0.15, -0.1) is 0 Å². The number of nitrogens with one attached hydrogen (secondary N) is 1. The smallest absolute Gasteiger partial charge is 0.312 e. The molecule has 64 valence electrons. The molecule has 0 aromatic heterocycles. The van der Waals surface area contributed by atoms with Gasteiger partial charge in [-0.1, -0.05) is 0 Å². The zero-order chi connectivity index (χ0) is 8.32. The van der Waals surface area contributed by atoms with E-state index in [9.17, 15) is 4.79 Å². The van der Waals surface area contributed by atoms with Crippen LogP contribution in [0.2, 0.25) is 0 Å². The maximum Gasteiger partial charge on any atom is 0.312 e.